The van der Waals surface area contributed by atoms with Crippen molar-refractivity contribution in [2.45, 2.75) is 59.1 Å². The Morgan fingerprint density at radius 1 is 1.12 bits per heavy atom. The molecule has 3 aromatic heterocycles. The second-order valence-electron chi connectivity index (χ2n) is 11.7. The predicted octanol–water partition coefficient (Wildman–Crippen LogP) is 4.30. The van der Waals surface area contributed by atoms with Gasteiger partial charge in [-0.25, -0.2) is 23.2 Å². The van der Waals surface area contributed by atoms with Gasteiger partial charge in [0.05, 0.1) is 39.8 Å². The fraction of sp³-hybridized carbons (Fsp3) is 0.367. The maximum Gasteiger partial charge on any atom is 0.338 e. The van der Waals surface area contributed by atoms with Crippen LogP contribution < -0.4 is 5.69 Å². The van der Waals surface area contributed by atoms with Gasteiger partial charge >= 0.3 is 5.69 Å². The minimum atomic E-state index is -1.20. The number of halogens is 2. The van der Waals surface area contributed by atoms with Gasteiger partial charge in [0.25, 0.3) is 0 Å². The van der Waals surface area contributed by atoms with E-state index in [0.29, 0.717) is 46.5 Å². The van der Waals surface area contributed by atoms with E-state index in [9.17, 15) is 14.3 Å². The second kappa shape index (κ2) is 10.0. The highest BCUT2D eigenvalue weighted by Crippen LogP contribution is 2.37. The van der Waals surface area contributed by atoms with Crippen LogP contribution in [-0.2, 0) is 18.2 Å². The van der Waals surface area contributed by atoms with Crippen molar-refractivity contribution in [3.8, 4) is 17.2 Å². The van der Waals surface area contributed by atoms with E-state index in [1.807, 2.05) is 27.7 Å². The standard InChI is InChI=1S/C30H33F2N7O3/c1-17-15-19(7-8-21(17)31)39-27(25-18(2)36(12-11-22(25)34-39)29(41)42-30(3,4)5)38-14-13-37(28(38)40)24-10-9-23-20(26(24)32)16-33-35(23)6/h7-10,13-16,18,29,41H,11-12H2,1-6H3/t18-,29?/m0/s1. The lowest BCUT2D eigenvalue weighted by atomic mass is 9.99. The molecular formula is C30H33F2N7O3. The summed E-state index contributed by atoms with van der Waals surface area (Å²) >= 11 is 0. The van der Waals surface area contributed by atoms with E-state index in [2.05, 4.69) is 5.10 Å². The molecule has 0 saturated heterocycles. The van der Waals surface area contributed by atoms with Crippen LogP contribution in [0.3, 0.4) is 0 Å². The summed E-state index contributed by atoms with van der Waals surface area (Å²) in [4.78, 5) is 15.8. The van der Waals surface area contributed by atoms with E-state index in [1.165, 1.54) is 27.6 Å². The third-order valence-corrected chi connectivity index (χ3v) is 7.73. The second-order valence-corrected chi connectivity index (χ2v) is 11.7. The van der Waals surface area contributed by atoms with Crippen LogP contribution in [-0.4, -0.2) is 57.3 Å². The number of aryl methyl sites for hydroxylation is 2. The molecule has 1 N–H and O–H groups in total. The summed E-state index contributed by atoms with van der Waals surface area (Å²) in [6, 6.07) is 7.48. The predicted molar refractivity (Wildman–Crippen MR) is 153 cm³/mol. The van der Waals surface area contributed by atoms with Crippen LogP contribution in [0.25, 0.3) is 28.1 Å². The Bertz CT molecular complexity index is 1880. The van der Waals surface area contributed by atoms with Gasteiger partial charge in [-0.15, -0.1) is 0 Å². The average Bonchev–Trinajstić information content (AvgIpc) is 3.60. The van der Waals surface area contributed by atoms with Crippen LogP contribution in [0, 0.1) is 18.6 Å². The Kier molecular flexibility index (Phi) is 6.67. The molecule has 2 atom stereocenters. The van der Waals surface area contributed by atoms with E-state index in [1.54, 1.807) is 58.7 Å². The molecule has 0 radical (unpaired) electrons. The summed E-state index contributed by atoms with van der Waals surface area (Å²) in [7, 11) is 1.72. The van der Waals surface area contributed by atoms with E-state index in [4.69, 9.17) is 9.84 Å². The molecule has 5 aromatic rings. The molecule has 1 unspecified atom stereocenters. The molecule has 4 heterocycles. The van der Waals surface area contributed by atoms with Gasteiger partial charge < -0.3 is 9.84 Å². The lowest BCUT2D eigenvalue weighted by molar-refractivity contribution is -0.249. The Morgan fingerprint density at radius 3 is 2.57 bits per heavy atom. The first kappa shape index (κ1) is 28.0. The van der Waals surface area contributed by atoms with Crippen molar-refractivity contribution in [3.63, 3.8) is 0 Å². The van der Waals surface area contributed by atoms with Crippen LogP contribution in [0.1, 0.15) is 50.6 Å². The third kappa shape index (κ3) is 4.55. The molecule has 1 aliphatic rings. The van der Waals surface area contributed by atoms with Crippen molar-refractivity contribution >= 4 is 10.9 Å². The summed E-state index contributed by atoms with van der Waals surface area (Å²) in [5.41, 5.74) is 2.01. The molecule has 0 bridgehead atoms. The zero-order valence-corrected chi connectivity index (χ0v) is 24.3. The first-order valence-electron chi connectivity index (χ1n) is 13.8. The molecule has 0 spiro atoms. The molecular weight excluding hydrogens is 544 g/mol. The smallest absolute Gasteiger partial charge is 0.338 e. The van der Waals surface area contributed by atoms with Crippen LogP contribution >= 0.6 is 0 Å². The molecule has 0 amide bonds. The topological polar surface area (TPSA) is 95.3 Å². The number of nitrogens with zero attached hydrogens (tertiary/aromatic N) is 7. The van der Waals surface area contributed by atoms with Gasteiger partial charge in [0, 0.05) is 44.0 Å². The van der Waals surface area contributed by atoms with Crippen molar-refractivity contribution in [2.24, 2.45) is 7.05 Å². The summed E-state index contributed by atoms with van der Waals surface area (Å²) in [5, 5.41) is 20.3. The van der Waals surface area contributed by atoms with Gasteiger partial charge in [-0.2, -0.15) is 10.2 Å². The van der Waals surface area contributed by atoms with Gasteiger partial charge in [-0.05, 0) is 70.5 Å². The number of hydrogen-bond donors (Lipinski definition) is 1. The van der Waals surface area contributed by atoms with E-state index < -0.39 is 29.6 Å². The van der Waals surface area contributed by atoms with Crippen LogP contribution in [0.5, 0.6) is 0 Å². The summed E-state index contributed by atoms with van der Waals surface area (Å²) in [6.45, 7) is 9.63. The number of hydrogen-bond acceptors (Lipinski definition) is 6. The highest BCUT2D eigenvalue weighted by atomic mass is 19.1. The Labute approximate surface area is 241 Å². The number of imidazole rings is 1. The minimum Gasteiger partial charge on any atom is -0.356 e. The monoisotopic (exact) mass is 577 g/mol. The number of benzene rings is 2. The Balaban J connectivity index is 1.53. The van der Waals surface area contributed by atoms with Crippen LogP contribution in [0.2, 0.25) is 0 Å². The summed E-state index contributed by atoms with van der Waals surface area (Å²) in [5.74, 6) is -0.501. The minimum absolute atomic E-state index is 0.0838. The number of fused-ring (bicyclic) bond motifs is 2. The fourth-order valence-electron chi connectivity index (χ4n) is 5.62. The van der Waals surface area contributed by atoms with Gasteiger partial charge in [-0.3, -0.25) is 13.8 Å². The van der Waals surface area contributed by atoms with E-state index >= 15 is 4.39 Å². The Morgan fingerprint density at radius 2 is 1.86 bits per heavy atom. The quantitative estimate of drug-likeness (QED) is 0.313. The lowest BCUT2D eigenvalue weighted by Crippen LogP contribution is -2.46. The van der Waals surface area contributed by atoms with Gasteiger partial charge in [-0.1, -0.05) is 0 Å². The van der Waals surface area contributed by atoms with Crippen molar-refractivity contribution in [3.05, 3.63) is 87.9 Å². The van der Waals surface area contributed by atoms with Crippen LogP contribution in [0.4, 0.5) is 8.78 Å². The zero-order chi connectivity index (χ0) is 30.1. The highest BCUT2D eigenvalue weighted by molar-refractivity contribution is 5.81. The summed E-state index contributed by atoms with van der Waals surface area (Å²) < 4.78 is 41.5. The number of aliphatic hydroxyl groups is 1. The van der Waals surface area contributed by atoms with E-state index in [0.717, 1.165) is 5.69 Å². The molecule has 2 aromatic carbocycles. The zero-order valence-electron chi connectivity index (χ0n) is 24.3. The number of rotatable bonds is 5. The van der Waals surface area contributed by atoms with Crippen LogP contribution in [0.15, 0.2) is 53.7 Å². The van der Waals surface area contributed by atoms with Gasteiger partial charge in [0.15, 0.2) is 5.82 Å². The molecule has 0 saturated carbocycles. The largest absolute Gasteiger partial charge is 0.356 e. The molecule has 0 aliphatic carbocycles. The Hall–Kier alpha value is -4.13. The normalized spacial score (nSPS) is 16.7. The van der Waals surface area contributed by atoms with Crippen molar-refractivity contribution in [1.82, 2.24) is 33.6 Å². The average molecular weight is 578 g/mol. The third-order valence-electron chi connectivity index (χ3n) is 7.73. The fourth-order valence-corrected chi connectivity index (χ4v) is 5.62. The van der Waals surface area contributed by atoms with E-state index in [-0.39, 0.29) is 11.5 Å². The van der Waals surface area contributed by atoms with Crippen molar-refractivity contribution in [1.29, 1.82) is 0 Å². The summed E-state index contributed by atoms with van der Waals surface area (Å²) in [6.07, 6.45) is 3.78. The molecule has 220 valence electrons. The molecule has 6 rings (SSSR count). The molecule has 10 nitrogen and oxygen atoms in total. The molecule has 0 fully saturated rings. The lowest BCUT2D eigenvalue weighted by Gasteiger charge is -2.38. The maximum atomic E-state index is 15.6. The number of aliphatic hydroxyl groups excluding tert-OH is 1. The van der Waals surface area contributed by atoms with Gasteiger partial charge in [0.1, 0.15) is 11.6 Å². The molecule has 42 heavy (non-hydrogen) atoms. The van der Waals surface area contributed by atoms with Crippen molar-refractivity contribution < 1.29 is 18.6 Å². The van der Waals surface area contributed by atoms with Crippen molar-refractivity contribution in [2.75, 3.05) is 6.54 Å². The van der Waals surface area contributed by atoms with Gasteiger partial charge in [0.2, 0.25) is 6.41 Å². The molecule has 12 heteroatoms. The first-order valence-corrected chi connectivity index (χ1v) is 13.8. The first-order chi connectivity index (χ1) is 19.9. The highest BCUT2D eigenvalue weighted by Gasteiger charge is 2.37. The molecule has 1 aliphatic heterocycles. The number of aromatic nitrogens is 6. The SMILES string of the molecule is Cc1cc(-n2nc3c(c2-n2ccn(-c4ccc5c(cnn5C)c4F)c2=O)[C@H](C)N(C(O)OC(C)(C)C)CC3)ccc1F. The maximum absolute atomic E-state index is 15.6. The number of ether oxygens (including phenoxy) is 1.